The highest BCUT2D eigenvalue weighted by Gasteiger charge is 2.37. The zero-order valence-electron chi connectivity index (χ0n) is 17.3. The van der Waals surface area contributed by atoms with Gasteiger partial charge in [-0.3, -0.25) is 14.9 Å². The number of carbonyl (C=O) groups excluding carboxylic acids is 3. The third-order valence-electron chi connectivity index (χ3n) is 4.74. The second-order valence-corrected chi connectivity index (χ2v) is 7.74. The van der Waals surface area contributed by atoms with Gasteiger partial charge in [0.15, 0.2) is 0 Å². The Bertz CT molecular complexity index is 1040. The Morgan fingerprint density at radius 3 is 2.37 bits per heavy atom. The number of ether oxygens (including phenoxy) is 1. The van der Waals surface area contributed by atoms with Crippen molar-refractivity contribution in [2.45, 2.75) is 40.2 Å². The van der Waals surface area contributed by atoms with Crippen molar-refractivity contribution in [3.63, 3.8) is 0 Å². The maximum absolute atomic E-state index is 13.0. The minimum atomic E-state index is -0.775. The quantitative estimate of drug-likeness (QED) is 0.550. The molecule has 0 aromatic heterocycles. The molecule has 6 nitrogen and oxygen atoms in total. The summed E-state index contributed by atoms with van der Waals surface area (Å²) >= 11 is 6.30. The van der Waals surface area contributed by atoms with Gasteiger partial charge in [-0.05, 0) is 74.2 Å². The number of rotatable bonds is 5. The fourth-order valence-corrected chi connectivity index (χ4v) is 3.37. The zero-order chi connectivity index (χ0) is 22.0. The van der Waals surface area contributed by atoms with Crippen LogP contribution in [-0.4, -0.2) is 23.9 Å². The molecule has 0 radical (unpaired) electrons. The first-order valence-electron chi connectivity index (χ1n) is 9.65. The molecule has 2 aromatic carbocycles. The topological polar surface area (TPSA) is 75.7 Å². The van der Waals surface area contributed by atoms with E-state index in [9.17, 15) is 14.4 Å². The molecule has 1 atom stereocenters. The maximum Gasteiger partial charge on any atom is 0.335 e. The van der Waals surface area contributed by atoms with Crippen molar-refractivity contribution >= 4 is 41.2 Å². The first-order chi connectivity index (χ1) is 14.2. The lowest BCUT2D eigenvalue weighted by Gasteiger charge is -2.27. The largest absolute Gasteiger partial charge is 0.489 e. The van der Waals surface area contributed by atoms with E-state index in [-0.39, 0.29) is 11.7 Å². The van der Waals surface area contributed by atoms with Crippen LogP contribution in [0.25, 0.3) is 6.08 Å². The summed E-state index contributed by atoms with van der Waals surface area (Å²) in [6, 6.07) is 9.61. The molecule has 4 amide bonds. The van der Waals surface area contributed by atoms with Gasteiger partial charge in [-0.1, -0.05) is 30.7 Å². The minimum absolute atomic E-state index is 0.00904. The Morgan fingerprint density at radius 1 is 1.10 bits per heavy atom. The lowest BCUT2D eigenvalue weighted by atomic mass is 10.1. The SMILES string of the molecule is CC[C@@H](C)Oc1ccc(/C=C2\C(=O)NC(=O)N(c3cc(C)cc(C)c3)C2=O)cc1Cl. The van der Waals surface area contributed by atoms with E-state index < -0.39 is 17.8 Å². The number of barbiturate groups is 1. The smallest absolute Gasteiger partial charge is 0.335 e. The Balaban J connectivity index is 1.95. The number of hydrogen-bond donors (Lipinski definition) is 1. The van der Waals surface area contributed by atoms with Crippen molar-refractivity contribution in [2.75, 3.05) is 4.90 Å². The first kappa shape index (κ1) is 21.6. The van der Waals surface area contributed by atoms with Crippen LogP contribution in [0.3, 0.4) is 0 Å². The second-order valence-electron chi connectivity index (χ2n) is 7.33. The van der Waals surface area contributed by atoms with Gasteiger partial charge in [-0.2, -0.15) is 0 Å². The number of imide groups is 2. The van der Waals surface area contributed by atoms with Gasteiger partial charge in [-0.15, -0.1) is 0 Å². The lowest BCUT2D eigenvalue weighted by Crippen LogP contribution is -2.54. The van der Waals surface area contributed by atoms with Crippen LogP contribution in [0.15, 0.2) is 42.0 Å². The van der Waals surface area contributed by atoms with Crippen LogP contribution in [0, 0.1) is 13.8 Å². The number of benzene rings is 2. The average molecular weight is 427 g/mol. The second kappa shape index (κ2) is 8.71. The van der Waals surface area contributed by atoms with Crippen molar-refractivity contribution in [1.29, 1.82) is 0 Å². The fourth-order valence-electron chi connectivity index (χ4n) is 3.14. The number of nitrogens with zero attached hydrogens (tertiary/aromatic N) is 1. The third kappa shape index (κ3) is 4.54. The molecule has 1 aliphatic heterocycles. The van der Waals surface area contributed by atoms with Gasteiger partial charge in [0, 0.05) is 0 Å². The number of anilines is 1. The molecular formula is C23H23ClN2O4. The number of hydrogen-bond acceptors (Lipinski definition) is 4. The van der Waals surface area contributed by atoms with Crippen LogP contribution >= 0.6 is 11.6 Å². The molecule has 1 aliphatic rings. The molecule has 1 fully saturated rings. The van der Waals surface area contributed by atoms with E-state index in [0.717, 1.165) is 22.4 Å². The highest BCUT2D eigenvalue weighted by molar-refractivity contribution is 6.39. The summed E-state index contributed by atoms with van der Waals surface area (Å²) < 4.78 is 5.74. The predicted octanol–water partition coefficient (Wildman–Crippen LogP) is 4.80. The maximum atomic E-state index is 13.0. The van der Waals surface area contributed by atoms with E-state index >= 15 is 0 Å². The van der Waals surface area contributed by atoms with E-state index in [0.29, 0.717) is 22.0 Å². The highest BCUT2D eigenvalue weighted by Crippen LogP contribution is 2.29. The van der Waals surface area contributed by atoms with E-state index in [1.165, 1.54) is 6.08 Å². The molecule has 30 heavy (non-hydrogen) atoms. The average Bonchev–Trinajstić information content (AvgIpc) is 2.66. The molecule has 2 aromatic rings. The monoisotopic (exact) mass is 426 g/mol. The van der Waals surface area contributed by atoms with Crippen LogP contribution in [0.5, 0.6) is 5.75 Å². The van der Waals surface area contributed by atoms with Gasteiger partial charge in [0.25, 0.3) is 11.8 Å². The van der Waals surface area contributed by atoms with Crippen molar-refractivity contribution in [2.24, 2.45) is 0 Å². The summed E-state index contributed by atoms with van der Waals surface area (Å²) in [5, 5.41) is 2.60. The van der Waals surface area contributed by atoms with Crippen LogP contribution in [-0.2, 0) is 9.59 Å². The molecule has 1 saturated heterocycles. The summed E-state index contributed by atoms with van der Waals surface area (Å²) in [6.45, 7) is 7.69. The van der Waals surface area contributed by atoms with Crippen molar-refractivity contribution < 1.29 is 19.1 Å². The van der Waals surface area contributed by atoms with Gasteiger partial charge in [0.05, 0.1) is 16.8 Å². The summed E-state index contributed by atoms with van der Waals surface area (Å²) in [5.41, 5.74) is 2.60. The van der Waals surface area contributed by atoms with Crippen LogP contribution in [0.2, 0.25) is 5.02 Å². The Kier molecular flexibility index (Phi) is 6.27. The number of amides is 4. The van der Waals surface area contributed by atoms with Crippen molar-refractivity contribution in [1.82, 2.24) is 5.32 Å². The Morgan fingerprint density at radius 2 is 1.77 bits per heavy atom. The lowest BCUT2D eigenvalue weighted by molar-refractivity contribution is -0.122. The molecule has 7 heteroatoms. The number of halogens is 1. The molecule has 156 valence electrons. The van der Waals surface area contributed by atoms with E-state index in [1.807, 2.05) is 33.8 Å². The summed E-state index contributed by atoms with van der Waals surface area (Å²) in [4.78, 5) is 38.7. The van der Waals surface area contributed by atoms with E-state index in [2.05, 4.69) is 5.32 Å². The first-order valence-corrected chi connectivity index (χ1v) is 10.0. The molecule has 1 N–H and O–H groups in total. The van der Waals surface area contributed by atoms with Crippen molar-refractivity contribution in [3.8, 4) is 5.75 Å². The van der Waals surface area contributed by atoms with E-state index in [4.69, 9.17) is 16.3 Å². The highest BCUT2D eigenvalue weighted by atomic mass is 35.5. The standard InChI is InChI=1S/C23H23ClN2O4/c1-5-15(4)30-20-7-6-16(12-19(20)24)11-18-21(27)25-23(29)26(22(18)28)17-9-13(2)8-14(3)10-17/h6-12,15H,5H2,1-4H3,(H,25,27,29)/b18-11+/t15-/m1/s1. The number of nitrogens with one attached hydrogen (secondary N) is 1. The number of urea groups is 1. The summed E-state index contributed by atoms with van der Waals surface area (Å²) in [6.07, 6.45) is 2.26. The van der Waals surface area contributed by atoms with Gasteiger partial charge < -0.3 is 4.74 Å². The van der Waals surface area contributed by atoms with Gasteiger partial charge in [-0.25, -0.2) is 9.69 Å². The van der Waals surface area contributed by atoms with Crippen molar-refractivity contribution in [3.05, 3.63) is 63.7 Å². The zero-order valence-corrected chi connectivity index (χ0v) is 18.0. The van der Waals surface area contributed by atoms with Gasteiger partial charge >= 0.3 is 6.03 Å². The third-order valence-corrected chi connectivity index (χ3v) is 5.03. The molecule has 0 aliphatic carbocycles. The molecule has 0 unspecified atom stereocenters. The number of carbonyl (C=O) groups is 3. The molecular weight excluding hydrogens is 404 g/mol. The Hall–Kier alpha value is -3.12. The van der Waals surface area contributed by atoms with Crippen LogP contribution < -0.4 is 15.0 Å². The molecule has 3 rings (SSSR count). The van der Waals surface area contributed by atoms with Gasteiger partial charge in [0.2, 0.25) is 0 Å². The fraction of sp³-hybridized carbons (Fsp3) is 0.261. The Labute approximate surface area is 180 Å². The minimum Gasteiger partial charge on any atom is -0.489 e. The molecule has 0 saturated carbocycles. The van der Waals surface area contributed by atoms with Gasteiger partial charge in [0.1, 0.15) is 11.3 Å². The predicted molar refractivity (Wildman–Crippen MR) is 117 cm³/mol. The summed E-state index contributed by atoms with van der Waals surface area (Å²) in [5.74, 6) is -0.911. The molecule has 0 bridgehead atoms. The van der Waals surface area contributed by atoms with Crippen LogP contribution in [0.1, 0.15) is 37.0 Å². The molecule has 0 spiro atoms. The van der Waals surface area contributed by atoms with Crippen LogP contribution in [0.4, 0.5) is 10.5 Å². The summed E-state index contributed by atoms with van der Waals surface area (Å²) in [7, 11) is 0. The molecule has 1 heterocycles. The number of aryl methyl sites for hydroxylation is 2. The van der Waals surface area contributed by atoms with E-state index in [1.54, 1.807) is 30.3 Å². The normalized spacial score (nSPS) is 16.6.